The fourth-order valence-corrected chi connectivity index (χ4v) is 6.71. The fraction of sp³-hybridized carbons (Fsp3) is 0.375. The zero-order valence-electron chi connectivity index (χ0n) is 24.5. The Morgan fingerprint density at radius 1 is 0.955 bits per heavy atom. The van der Waals surface area contributed by atoms with Gasteiger partial charge in [-0.15, -0.1) is 0 Å². The molecule has 2 aliphatic heterocycles. The highest BCUT2D eigenvalue weighted by molar-refractivity contribution is 9.09. The highest BCUT2D eigenvalue weighted by Gasteiger charge is 2.44. The minimum atomic E-state index is -0.985. The first-order valence-electron chi connectivity index (χ1n) is 14.6. The van der Waals surface area contributed by atoms with E-state index in [4.69, 9.17) is 37.4 Å². The van der Waals surface area contributed by atoms with E-state index in [9.17, 15) is 4.79 Å². The monoisotopic (exact) mass is 701 g/mol. The molecule has 12 heteroatoms. The van der Waals surface area contributed by atoms with Crippen molar-refractivity contribution in [3.63, 3.8) is 0 Å². The molecule has 44 heavy (non-hydrogen) atoms. The molecule has 0 amide bonds. The van der Waals surface area contributed by atoms with Crippen LogP contribution in [0.25, 0.3) is 5.69 Å². The van der Waals surface area contributed by atoms with Crippen molar-refractivity contribution in [2.75, 3.05) is 54.5 Å². The maximum atomic E-state index is 12.6. The molecule has 4 aromatic rings. The Bertz CT molecular complexity index is 1640. The number of nitrogens with zero attached hydrogens (tertiary/aromatic N) is 5. The van der Waals surface area contributed by atoms with Crippen LogP contribution in [0.3, 0.4) is 0 Å². The van der Waals surface area contributed by atoms with Crippen molar-refractivity contribution in [3.05, 3.63) is 99.2 Å². The van der Waals surface area contributed by atoms with Crippen molar-refractivity contribution in [1.82, 2.24) is 14.3 Å². The number of alkyl halides is 1. The third kappa shape index (κ3) is 6.37. The molecule has 0 bridgehead atoms. The maximum absolute atomic E-state index is 12.6. The van der Waals surface area contributed by atoms with Crippen LogP contribution in [-0.2, 0) is 15.3 Å². The Balaban J connectivity index is 1.000. The Hall–Kier alpha value is -3.02. The van der Waals surface area contributed by atoms with E-state index in [2.05, 4.69) is 55.1 Å². The lowest BCUT2D eigenvalue weighted by Crippen LogP contribution is -2.46. The van der Waals surface area contributed by atoms with Gasteiger partial charge >= 0.3 is 5.69 Å². The Kier molecular flexibility index (Phi) is 9.26. The van der Waals surface area contributed by atoms with Crippen molar-refractivity contribution in [2.24, 2.45) is 0 Å². The summed E-state index contributed by atoms with van der Waals surface area (Å²) >= 11 is 16.0. The summed E-state index contributed by atoms with van der Waals surface area (Å²) in [5.41, 5.74) is 3.71. The molecule has 232 valence electrons. The van der Waals surface area contributed by atoms with Crippen LogP contribution in [0.1, 0.15) is 25.5 Å². The van der Waals surface area contributed by atoms with E-state index in [-0.39, 0.29) is 17.8 Å². The summed E-state index contributed by atoms with van der Waals surface area (Å²) in [6.07, 6.45) is 1.33. The van der Waals surface area contributed by atoms with Gasteiger partial charge in [0.05, 0.1) is 28.7 Å². The minimum absolute atomic E-state index is 0.0199. The first kappa shape index (κ1) is 31.0. The molecular weight excluding hydrogens is 669 g/mol. The number of rotatable bonds is 9. The van der Waals surface area contributed by atoms with Crippen LogP contribution in [0.15, 0.2) is 77.9 Å². The molecule has 0 radical (unpaired) electrons. The smallest absolute Gasteiger partial charge is 0.350 e. The molecule has 3 heterocycles. The van der Waals surface area contributed by atoms with E-state index in [1.54, 1.807) is 23.0 Å². The lowest BCUT2D eigenvalue weighted by molar-refractivity contribution is -0.159. The van der Waals surface area contributed by atoms with Gasteiger partial charge in [-0.25, -0.2) is 14.0 Å². The fourth-order valence-electron chi connectivity index (χ4n) is 5.57. The second-order valence-electron chi connectivity index (χ2n) is 11.2. The third-order valence-electron chi connectivity index (χ3n) is 7.97. The predicted octanol–water partition coefficient (Wildman–Crippen LogP) is 6.29. The lowest BCUT2D eigenvalue weighted by Gasteiger charge is -2.37. The highest BCUT2D eigenvalue weighted by Crippen LogP contribution is 2.40. The van der Waals surface area contributed by atoms with Gasteiger partial charge in [-0.1, -0.05) is 45.2 Å². The van der Waals surface area contributed by atoms with Gasteiger partial charge in [-0.2, -0.15) is 5.10 Å². The predicted molar refractivity (Wildman–Crippen MR) is 177 cm³/mol. The molecule has 0 spiro atoms. The normalized spacial score (nSPS) is 20.5. The topological polar surface area (TPSA) is 74.0 Å². The van der Waals surface area contributed by atoms with Gasteiger partial charge in [-0.05, 0) is 74.5 Å². The number of ether oxygens (including phenoxy) is 3. The molecule has 1 aromatic heterocycles. The molecular formula is C32H34BrCl2N5O4. The lowest BCUT2D eigenvalue weighted by atomic mass is 10.1. The van der Waals surface area contributed by atoms with Crippen molar-refractivity contribution in [2.45, 2.75) is 31.8 Å². The van der Waals surface area contributed by atoms with Gasteiger partial charge in [-0.3, -0.25) is 0 Å². The average Bonchev–Trinajstić information content (AvgIpc) is 3.64. The first-order valence-corrected chi connectivity index (χ1v) is 16.5. The van der Waals surface area contributed by atoms with Crippen LogP contribution in [-0.4, -0.2) is 65.2 Å². The van der Waals surface area contributed by atoms with Crippen molar-refractivity contribution in [1.29, 1.82) is 0 Å². The molecule has 2 fully saturated rings. The van der Waals surface area contributed by atoms with Crippen LogP contribution in [0.4, 0.5) is 11.4 Å². The van der Waals surface area contributed by atoms with E-state index in [1.807, 2.05) is 44.2 Å². The Morgan fingerprint density at radius 3 is 2.14 bits per heavy atom. The van der Waals surface area contributed by atoms with E-state index in [1.165, 1.54) is 4.68 Å². The summed E-state index contributed by atoms with van der Waals surface area (Å²) in [5, 5.41) is 5.71. The zero-order valence-corrected chi connectivity index (χ0v) is 27.6. The molecule has 0 saturated carbocycles. The van der Waals surface area contributed by atoms with Crippen LogP contribution in [0, 0.1) is 0 Å². The van der Waals surface area contributed by atoms with Crippen molar-refractivity contribution in [3.8, 4) is 11.4 Å². The van der Waals surface area contributed by atoms with Crippen LogP contribution >= 0.6 is 39.1 Å². The summed E-state index contributed by atoms with van der Waals surface area (Å²) in [6.45, 7) is 8.23. The molecule has 3 aromatic carbocycles. The Labute approximate surface area is 275 Å². The summed E-state index contributed by atoms with van der Waals surface area (Å²) in [6, 6.07) is 21.6. The molecule has 0 unspecified atom stereocenters. The van der Waals surface area contributed by atoms with Gasteiger partial charge in [0.1, 0.15) is 24.8 Å². The van der Waals surface area contributed by atoms with Gasteiger partial charge in [0.15, 0.2) is 0 Å². The summed E-state index contributed by atoms with van der Waals surface area (Å²) in [4.78, 5) is 17.4. The SMILES string of the molecule is CC(C)n1ncn(-c2ccc(N3CCN(c4ccc(OC[C@@H]5CO[C@@](CBr)(c6ccc(Cl)cc6Cl)O5)cc4)CC3)cc2)c1=O. The Morgan fingerprint density at radius 2 is 1.57 bits per heavy atom. The third-order valence-corrected chi connectivity index (χ3v) is 9.26. The van der Waals surface area contributed by atoms with Crippen LogP contribution < -0.4 is 20.2 Å². The average molecular weight is 703 g/mol. The number of hydrogen-bond donors (Lipinski definition) is 0. The van der Waals surface area contributed by atoms with Gasteiger partial charge in [0, 0.05) is 48.1 Å². The molecule has 2 atom stereocenters. The number of aromatic nitrogens is 3. The van der Waals surface area contributed by atoms with Gasteiger partial charge < -0.3 is 24.0 Å². The van der Waals surface area contributed by atoms with Gasteiger partial charge in [0.25, 0.3) is 0 Å². The molecule has 0 aliphatic carbocycles. The van der Waals surface area contributed by atoms with E-state index in [0.29, 0.717) is 28.6 Å². The standard InChI is InChI=1S/C32H34BrCl2N5O4/c1-22(2)40-31(41)39(21-36-40)26-6-4-24(5-7-26)37-13-15-38(16-14-37)25-8-10-27(11-9-25)42-18-28-19-43-32(20-33,44-28)29-12-3-23(34)17-30(29)35/h3-12,17,21-22,28H,13-16,18-20H2,1-2H3/t28-,32-/m1/s1. The minimum Gasteiger partial charge on any atom is -0.491 e. The maximum Gasteiger partial charge on any atom is 0.350 e. The highest BCUT2D eigenvalue weighted by atomic mass is 79.9. The summed E-state index contributed by atoms with van der Waals surface area (Å²) in [5.74, 6) is -0.212. The molecule has 9 nitrogen and oxygen atoms in total. The quantitative estimate of drug-likeness (QED) is 0.190. The van der Waals surface area contributed by atoms with Crippen molar-refractivity contribution < 1.29 is 14.2 Å². The number of anilines is 2. The number of benzene rings is 3. The van der Waals surface area contributed by atoms with Gasteiger partial charge in [0.2, 0.25) is 5.79 Å². The second-order valence-corrected chi connectivity index (χ2v) is 12.6. The summed E-state index contributed by atoms with van der Waals surface area (Å²) < 4.78 is 21.5. The number of halogens is 3. The molecule has 2 aliphatic rings. The molecule has 2 saturated heterocycles. The number of hydrogen-bond acceptors (Lipinski definition) is 7. The van der Waals surface area contributed by atoms with Crippen LogP contribution in [0.5, 0.6) is 5.75 Å². The second kappa shape index (κ2) is 13.1. The first-order chi connectivity index (χ1) is 21.3. The largest absolute Gasteiger partial charge is 0.491 e. The van der Waals surface area contributed by atoms with E-state index >= 15 is 0 Å². The molecule has 0 N–H and O–H groups in total. The van der Waals surface area contributed by atoms with E-state index < -0.39 is 5.79 Å². The van der Waals surface area contributed by atoms with Crippen LogP contribution in [0.2, 0.25) is 10.0 Å². The number of piperazine rings is 1. The molecule has 6 rings (SSSR count). The van der Waals surface area contributed by atoms with E-state index in [0.717, 1.165) is 54.6 Å². The zero-order chi connectivity index (χ0) is 30.8. The summed E-state index contributed by atoms with van der Waals surface area (Å²) in [7, 11) is 0. The van der Waals surface area contributed by atoms with Crippen molar-refractivity contribution >= 4 is 50.5 Å².